The van der Waals surface area contributed by atoms with Crippen molar-refractivity contribution in [1.29, 1.82) is 0 Å². The maximum Gasteiger partial charge on any atom is 0.412 e. The molecular formula is C27H39NO4Si. The van der Waals surface area contributed by atoms with E-state index < -0.39 is 20.0 Å². The first-order valence-electron chi connectivity index (χ1n) is 11.4. The molecule has 0 bridgehead atoms. The van der Waals surface area contributed by atoms with E-state index in [1.807, 2.05) is 63.2 Å². The molecule has 0 aromatic heterocycles. The molecule has 180 valence electrons. The third-order valence-corrected chi connectivity index (χ3v) is 9.94. The van der Waals surface area contributed by atoms with Crippen LogP contribution < -0.4 is 14.5 Å². The van der Waals surface area contributed by atoms with E-state index >= 15 is 0 Å². The molecule has 0 spiro atoms. The van der Waals surface area contributed by atoms with Crippen molar-refractivity contribution in [1.82, 2.24) is 0 Å². The fourth-order valence-corrected chi connectivity index (χ4v) is 3.89. The number of amides is 1. The van der Waals surface area contributed by atoms with E-state index in [1.165, 1.54) is 0 Å². The molecule has 0 heterocycles. The van der Waals surface area contributed by atoms with Gasteiger partial charge in [-0.2, -0.15) is 0 Å². The summed E-state index contributed by atoms with van der Waals surface area (Å²) in [5, 5.41) is 2.99. The summed E-state index contributed by atoms with van der Waals surface area (Å²) in [6.07, 6.45) is 1.85. The van der Waals surface area contributed by atoms with Gasteiger partial charge in [-0.25, -0.2) is 4.79 Å². The second kappa shape index (κ2) is 10.5. The predicted octanol–water partition coefficient (Wildman–Crippen LogP) is 7.57. The zero-order valence-electron chi connectivity index (χ0n) is 21.4. The number of anilines is 1. The smallest absolute Gasteiger partial charge is 0.412 e. The van der Waals surface area contributed by atoms with Gasteiger partial charge in [-0.15, -0.1) is 0 Å². The Balaban J connectivity index is 2.40. The van der Waals surface area contributed by atoms with Crippen LogP contribution in [0.15, 0.2) is 55.1 Å². The number of benzene rings is 2. The van der Waals surface area contributed by atoms with Crippen molar-refractivity contribution in [3.05, 3.63) is 66.2 Å². The minimum atomic E-state index is -2.13. The van der Waals surface area contributed by atoms with Crippen molar-refractivity contribution in [3.8, 4) is 11.5 Å². The van der Waals surface area contributed by atoms with Gasteiger partial charge in [0.25, 0.3) is 8.32 Å². The first-order chi connectivity index (χ1) is 15.2. The molecule has 2 aromatic rings. The number of hydrogen-bond donors (Lipinski definition) is 1. The summed E-state index contributed by atoms with van der Waals surface area (Å²) in [5.74, 6) is 1.47. The molecular weight excluding hydrogens is 430 g/mol. The Labute approximate surface area is 200 Å². The van der Waals surface area contributed by atoms with E-state index in [0.717, 1.165) is 16.9 Å². The van der Waals surface area contributed by atoms with Crippen LogP contribution in [0.2, 0.25) is 18.1 Å². The highest BCUT2D eigenvalue weighted by atomic mass is 28.4. The Kier molecular flexibility index (Phi) is 8.41. The average molecular weight is 470 g/mol. The first kappa shape index (κ1) is 26.5. The summed E-state index contributed by atoms with van der Waals surface area (Å²) in [4.78, 5) is 12.7. The average Bonchev–Trinajstić information content (AvgIpc) is 2.67. The summed E-state index contributed by atoms with van der Waals surface area (Å²) in [5.41, 5.74) is 2.11. The van der Waals surface area contributed by atoms with Gasteiger partial charge in [-0.1, -0.05) is 57.7 Å². The Morgan fingerprint density at radius 3 is 2.21 bits per heavy atom. The van der Waals surface area contributed by atoms with E-state index in [4.69, 9.17) is 13.9 Å². The molecule has 0 atom stereocenters. The van der Waals surface area contributed by atoms with Crippen LogP contribution in [0.1, 0.15) is 52.7 Å². The molecule has 0 aliphatic rings. The monoisotopic (exact) mass is 469 g/mol. The van der Waals surface area contributed by atoms with Crippen LogP contribution in [-0.4, -0.2) is 26.6 Å². The van der Waals surface area contributed by atoms with Crippen LogP contribution in [0.25, 0.3) is 0 Å². The molecule has 0 unspecified atom stereocenters. The molecule has 1 N–H and O–H groups in total. The zero-order chi connectivity index (χ0) is 24.9. The lowest BCUT2D eigenvalue weighted by Gasteiger charge is -2.37. The van der Waals surface area contributed by atoms with Crippen LogP contribution >= 0.6 is 0 Å². The highest BCUT2D eigenvalue weighted by molar-refractivity contribution is 6.74. The van der Waals surface area contributed by atoms with E-state index in [2.05, 4.69) is 45.8 Å². The Hall–Kier alpha value is -2.73. The Morgan fingerprint density at radius 2 is 1.67 bits per heavy atom. The summed E-state index contributed by atoms with van der Waals surface area (Å²) >= 11 is 0. The van der Waals surface area contributed by atoms with Gasteiger partial charge in [0, 0.05) is 0 Å². The van der Waals surface area contributed by atoms with Gasteiger partial charge in [0.2, 0.25) is 0 Å². The fourth-order valence-electron chi connectivity index (χ4n) is 2.86. The van der Waals surface area contributed by atoms with Gasteiger partial charge >= 0.3 is 6.09 Å². The quantitative estimate of drug-likeness (QED) is 0.320. The number of ether oxygens (including phenoxy) is 2. The van der Waals surface area contributed by atoms with Crippen molar-refractivity contribution in [3.63, 3.8) is 0 Å². The number of nitrogens with one attached hydrogen (secondary N) is 1. The largest absolute Gasteiger partial charge is 0.542 e. The summed E-state index contributed by atoms with van der Waals surface area (Å²) in [7, 11) is -2.13. The highest BCUT2D eigenvalue weighted by Gasteiger charge is 2.39. The van der Waals surface area contributed by atoms with Crippen LogP contribution in [-0.2, 0) is 11.2 Å². The molecule has 2 aromatic carbocycles. The van der Waals surface area contributed by atoms with E-state index in [9.17, 15) is 4.79 Å². The second-order valence-electron chi connectivity index (χ2n) is 10.7. The summed E-state index contributed by atoms with van der Waals surface area (Å²) in [6, 6.07) is 13.8. The first-order valence-corrected chi connectivity index (χ1v) is 14.3. The molecule has 0 saturated heterocycles. The third-order valence-electron chi connectivity index (χ3n) is 5.60. The number of carbonyl (C=O) groups is 1. The van der Waals surface area contributed by atoms with Crippen LogP contribution in [0, 0.1) is 0 Å². The minimum absolute atomic E-state index is 0.0213. The number of para-hydroxylation sites is 1. The van der Waals surface area contributed by atoms with E-state index in [-0.39, 0.29) is 5.04 Å². The van der Waals surface area contributed by atoms with Gasteiger partial charge in [0.05, 0.1) is 5.69 Å². The standard InChI is InChI=1S/C27H39NO4Si/c1-10-18-30-22-16-14-20(15-17-22)19-21-12-11-13-23(32-33(8,9)27(5,6)7)24(21)28-25(29)31-26(2,3)4/h10-17H,1,18-19H2,2-9H3,(H,28,29). The third kappa shape index (κ3) is 7.97. The predicted molar refractivity (Wildman–Crippen MR) is 139 cm³/mol. The van der Waals surface area contributed by atoms with Gasteiger partial charge in [0.1, 0.15) is 23.7 Å². The van der Waals surface area contributed by atoms with Gasteiger partial charge in [-0.05, 0) is 74.7 Å². The molecule has 0 saturated carbocycles. The lowest BCUT2D eigenvalue weighted by molar-refractivity contribution is 0.0635. The lowest BCUT2D eigenvalue weighted by Crippen LogP contribution is -2.44. The molecule has 1 amide bonds. The SMILES string of the molecule is C=CCOc1ccc(Cc2cccc(O[Si](C)(C)C(C)(C)C)c2NC(=O)OC(C)(C)C)cc1. The van der Waals surface area contributed by atoms with Gasteiger partial charge in [-0.3, -0.25) is 5.32 Å². The molecule has 0 radical (unpaired) electrons. The van der Waals surface area contributed by atoms with E-state index in [0.29, 0.717) is 24.5 Å². The van der Waals surface area contributed by atoms with Crippen LogP contribution in [0.5, 0.6) is 11.5 Å². The van der Waals surface area contributed by atoms with Crippen LogP contribution in [0.3, 0.4) is 0 Å². The molecule has 33 heavy (non-hydrogen) atoms. The topological polar surface area (TPSA) is 56.8 Å². The zero-order valence-corrected chi connectivity index (χ0v) is 22.4. The van der Waals surface area contributed by atoms with Crippen molar-refractivity contribution < 1.29 is 18.7 Å². The van der Waals surface area contributed by atoms with Gasteiger partial charge < -0.3 is 13.9 Å². The number of carbonyl (C=O) groups excluding carboxylic acids is 1. The fraction of sp³-hybridized carbons (Fsp3) is 0.444. The van der Waals surface area contributed by atoms with Crippen molar-refractivity contribution in [2.75, 3.05) is 11.9 Å². The molecule has 0 fully saturated rings. The number of rotatable bonds is 8. The summed E-state index contributed by atoms with van der Waals surface area (Å²) in [6.45, 7) is 20.7. The molecule has 0 aliphatic heterocycles. The summed E-state index contributed by atoms with van der Waals surface area (Å²) < 4.78 is 17.7. The minimum Gasteiger partial charge on any atom is -0.542 e. The lowest BCUT2D eigenvalue weighted by atomic mass is 10.0. The van der Waals surface area contributed by atoms with E-state index in [1.54, 1.807) is 6.08 Å². The number of hydrogen-bond acceptors (Lipinski definition) is 4. The highest BCUT2D eigenvalue weighted by Crippen LogP contribution is 2.40. The Bertz CT molecular complexity index is 954. The molecule has 5 nitrogen and oxygen atoms in total. The maximum atomic E-state index is 12.7. The maximum absolute atomic E-state index is 12.7. The Morgan fingerprint density at radius 1 is 1.03 bits per heavy atom. The van der Waals surface area contributed by atoms with Crippen molar-refractivity contribution >= 4 is 20.1 Å². The van der Waals surface area contributed by atoms with Crippen molar-refractivity contribution in [2.45, 2.75) is 71.7 Å². The molecule has 2 rings (SSSR count). The van der Waals surface area contributed by atoms with Crippen LogP contribution in [0.4, 0.5) is 10.5 Å². The normalized spacial score (nSPS) is 12.1. The molecule has 6 heteroatoms. The van der Waals surface area contributed by atoms with Gasteiger partial charge in [0.15, 0.2) is 0 Å². The van der Waals surface area contributed by atoms with Crippen molar-refractivity contribution in [2.24, 2.45) is 0 Å². The molecule has 0 aliphatic carbocycles. The second-order valence-corrected chi connectivity index (χ2v) is 15.4.